The normalized spacial score (nSPS) is 15.4. The third-order valence-electron chi connectivity index (χ3n) is 5.19. The molecule has 10 heteroatoms. The molecule has 0 saturated heterocycles. The van der Waals surface area contributed by atoms with Crippen LogP contribution >= 0.6 is 23.2 Å². The van der Waals surface area contributed by atoms with E-state index in [-0.39, 0.29) is 11.6 Å². The van der Waals surface area contributed by atoms with Crippen molar-refractivity contribution >= 4 is 34.8 Å². The van der Waals surface area contributed by atoms with E-state index in [2.05, 4.69) is 10.2 Å². The number of hydrogen-bond donors (Lipinski definition) is 1. The molecule has 0 fully saturated rings. The number of carbonyl (C=O) groups excluding carboxylic acids is 1. The van der Waals surface area contributed by atoms with Crippen molar-refractivity contribution in [2.45, 2.75) is 12.5 Å². The van der Waals surface area contributed by atoms with E-state index in [1.54, 1.807) is 42.3 Å². The van der Waals surface area contributed by atoms with Crippen LogP contribution in [0.25, 0.3) is 11.3 Å². The molecule has 1 N–H and O–H groups in total. The average Bonchev–Trinajstić information content (AvgIpc) is 3.28. The largest absolute Gasteiger partial charge is 0.385 e. The summed E-state index contributed by atoms with van der Waals surface area (Å²) in [6, 6.07) is 10.8. The van der Waals surface area contributed by atoms with Crippen LogP contribution < -0.4 is 0 Å². The number of hydrogen-bond acceptors (Lipinski definition) is 5. The zero-order chi connectivity index (χ0) is 22.1. The molecule has 31 heavy (non-hydrogen) atoms. The highest BCUT2D eigenvalue weighted by molar-refractivity contribution is 6.36. The zero-order valence-electron chi connectivity index (χ0n) is 16.5. The molecule has 1 amide bonds. The number of nitro benzene ring substituents is 1. The van der Waals surface area contributed by atoms with Crippen molar-refractivity contribution in [2.24, 2.45) is 0 Å². The first-order valence-electron chi connectivity index (χ1n) is 9.50. The predicted molar refractivity (Wildman–Crippen MR) is 117 cm³/mol. The highest BCUT2D eigenvalue weighted by atomic mass is 35.5. The number of aromatic nitrogens is 2. The van der Waals surface area contributed by atoms with Crippen molar-refractivity contribution in [3.05, 3.63) is 79.4 Å². The SMILES string of the molecule is COCCCN1C(=O)c2[nH]nc(-c3ccc(Cl)cc3Cl)c2C1c1cccc([N+](=O)[O-])c1. The molecule has 1 unspecified atom stereocenters. The topological polar surface area (TPSA) is 101 Å². The number of nitrogens with one attached hydrogen (secondary N) is 1. The molecule has 1 aromatic heterocycles. The maximum absolute atomic E-state index is 13.2. The molecule has 0 spiro atoms. The number of amides is 1. The molecule has 160 valence electrons. The number of benzene rings is 2. The van der Waals surface area contributed by atoms with E-state index in [4.69, 9.17) is 27.9 Å². The number of methoxy groups -OCH3 is 1. The molecule has 1 aliphatic heterocycles. The van der Waals surface area contributed by atoms with E-state index in [1.165, 1.54) is 12.1 Å². The Bertz CT molecular complexity index is 1160. The lowest BCUT2D eigenvalue weighted by atomic mass is 9.95. The van der Waals surface area contributed by atoms with Crippen molar-refractivity contribution in [3.8, 4) is 11.3 Å². The monoisotopic (exact) mass is 460 g/mol. The lowest BCUT2D eigenvalue weighted by molar-refractivity contribution is -0.384. The van der Waals surface area contributed by atoms with E-state index in [1.807, 2.05) is 0 Å². The van der Waals surface area contributed by atoms with Crippen LogP contribution in [-0.2, 0) is 4.74 Å². The standard InChI is InChI=1S/C21H18Cl2N4O4/c1-31-9-3-8-26-20(12-4-2-5-14(10-12)27(29)30)17-18(24-25-19(17)21(26)28)15-7-6-13(22)11-16(15)23/h2,4-7,10-11,20H,3,8-9H2,1H3,(H,24,25). The van der Waals surface area contributed by atoms with Gasteiger partial charge in [-0.05, 0) is 30.2 Å². The molecule has 0 radical (unpaired) electrons. The summed E-state index contributed by atoms with van der Waals surface area (Å²) in [6.07, 6.45) is 0.613. The summed E-state index contributed by atoms with van der Waals surface area (Å²) >= 11 is 12.4. The van der Waals surface area contributed by atoms with Crippen LogP contribution in [0.5, 0.6) is 0 Å². The van der Waals surface area contributed by atoms with Gasteiger partial charge in [-0.3, -0.25) is 20.0 Å². The highest BCUT2D eigenvalue weighted by Crippen LogP contribution is 2.44. The first kappa shape index (κ1) is 21.3. The van der Waals surface area contributed by atoms with Crippen molar-refractivity contribution in [1.29, 1.82) is 0 Å². The van der Waals surface area contributed by atoms with E-state index in [0.717, 1.165) is 0 Å². The Morgan fingerprint density at radius 1 is 1.26 bits per heavy atom. The van der Waals surface area contributed by atoms with Gasteiger partial charge in [-0.1, -0.05) is 35.3 Å². The average molecular weight is 461 g/mol. The molecule has 2 heterocycles. The van der Waals surface area contributed by atoms with Gasteiger partial charge >= 0.3 is 0 Å². The number of H-pyrrole nitrogens is 1. The zero-order valence-corrected chi connectivity index (χ0v) is 18.0. The fourth-order valence-electron chi connectivity index (χ4n) is 3.85. The second kappa shape index (κ2) is 8.66. The predicted octanol–water partition coefficient (Wildman–Crippen LogP) is 4.87. The van der Waals surface area contributed by atoms with Crippen molar-refractivity contribution in [1.82, 2.24) is 15.1 Å². The van der Waals surface area contributed by atoms with Crippen LogP contribution in [0.4, 0.5) is 5.69 Å². The Kier molecular flexibility index (Phi) is 5.95. The maximum Gasteiger partial charge on any atom is 0.273 e. The second-order valence-corrected chi connectivity index (χ2v) is 7.93. The van der Waals surface area contributed by atoms with Crippen molar-refractivity contribution < 1.29 is 14.5 Å². The Labute approximate surface area is 187 Å². The number of aromatic amines is 1. The summed E-state index contributed by atoms with van der Waals surface area (Å²) in [7, 11) is 1.59. The van der Waals surface area contributed by atoms with E-state index in [9.17, 15) is 14.9 Å². The molecule has 0 bridgehead atoms. The molecular formula is C21H18Cl2N4O4. The lowest BCUT2D eigenvalue weighted by Crippen LogP contribution is -2.31. The van der Waals surface area contributed by atoms with Gasteiger partial charge in [0.25, 0.3) is 11.6 Å². The maximum atomic E-state index is 13.2. The van der Waals surface area contributed by atoms with E-state index in [0.29, 0.717) is 57.7 Å². The van der Waals surface area contributed by atoms with Gasteiger partial charge in [-0.2, -0.15) is 5.10 Å². The number of non-ortho nitro benzene ring substituents is 1. The molecular weight excluding hydrogens is 443 g/mol. The smallest absolute Gasteiger partial charge is 0.273 e. The molecule has 3 aromatic rings. The van der Waals surface area contributed by atoms with E-state index < -0.39 is 11.0 Å². The first-order valence-corrected chi connectivity index (χ1v) is 10.3. The molecule has 0 saturated carbocycles. The van der Waals surface area contributed by atoms with Crippen LogP contribution in [0.2, 0.25) is 10.0 Å². The minimum absolute atomic E-state index is 0.0511. The van der Waals surface area contributed by atoms with Crippen LogP contribution in [0.3, 0.4) is 0 Å². The van der Waals surface area contributed by atoms with Crippen molar-refractivity contribution in [2.75, 3.05) is 20.3 Å². The van der Waals surface area contributed by atoms with Crippen LogP contribution in [0.1, 0.15) is 34.1 Å². The summed E-state index contributed by atoms with van der Waals surface area (Å²) in [5.41, 5.74) is 2.67. The summed E-state index contributed by atoms with van der Waals surface area (Å²) in [5.74, 6) is -0.230. The van der Waals surface area contributed by atoms with Gasteiger partial charge in [0.15, 0.2) is 0 Å². The van der Waals surface area contributed by atoms with Gasteiger partial charge in [-0.15, -0.1) is 0 Å². The van der Waals surface area contributed by atoms with Gasteiger partial charge in [0, 0.05) is 48.5 Å². The molecule has 1 atom stereocenters. The minimum Gasteiger partial charge on any atom is -0.385 e. The highest BCUT2D eigenvalue weighted by Gasteiger charge is 2.42. The summed E-state index contributed by atoms with van der Waals surface area (Å²) in [6.45, 7) is 0.893. The van der Waals surface area contributed by atoms with E-state index >= 15 is 0 Å². The summed E-state index contributed by atoms with van der Waals surface area (Å²) < 4.78 is 5.13. The van der Waals surface area contributed by atoms with Crippen LogP contribution in [0, 0.1) is 10.1 Å². The van der Waals surface area contributed by atoms with Crippen molar-refractivity contribution in [3.63, 3.8) is 0 Å². The fraction of sp³-hybridized carbons (Fsp3) is 0.238. The third kappa shape index (κ3) is 3.89. The Balaban J connectivity index is 1.86. The summed E-state index contributed by atoms with van der Waals surface area (Å²) in [4.78, 5) is 25.8. The number of nitrogens with zero attached hydrogens (tertiary/aromatic N) is 3. The Hall–Kier alpha value is -2.94. The number of rotatable bonds is 7. The van der Waals surface area contributed by atoms with Gasteiger partial charge in [0.05, 0.1) is 16.0 Å². The van der Waals surface area contributed by atoms with Gasteiger partial charge in [0.1, 0.15) is 11.4 Å². The molecule has 8 nitrogen and oxygen atoms in total. The summed E-state index contributed by atoms with van der Waals surface area (Å²) in [5, 5.41) is 19.4. The van der Waals surface area contributed by atoms with Gasteiger partial charge in [-0.25, -0.2) is 0 Å². The van der Waals surface area contributed by atoms with Crippen LogP contribution in [0.15, 0.2) is 42.5 Å². The molecule has 2 aromatic carbocycles. The molecule has 1 aliphatic rings. The Morgan fingerprint density at radius 3 is 2.77 bits per heavy atom. The Morgan fingerprint density at radius 2 is 2.06 bits per heavy atom. The number of nitro groups is 1. The molecule has 0 aliphatic carbocycles. The number of carbonyl (C=O) groups is 1. The minimum atomic E-state index is -0.556. The quantitative estimate of drug-likeness (QED) is 0.307. The van der Waals surface area contributed by atoms with Crippen LogP contribution in [-0.4, -0.2) is 46.2 Å². The first-order chi connectivity index (χ1) is 14.9. The van der Waals surface area contributed by atoms with Gasteiger partial charge in [0.2, 0.25) is 0 Å². The molecule has 4 rings (SSSR count). The fourth-order valence-corrected chi connectivity index (χ4v) is 4.35. The van der Waals surface area contributed by atoms with Gasteiger partial charge < -0.3 is 9.64 Å². The number of fused-ring (bicyclic) bond motifs is 1. The number of ether oxygens (including phenoxy) is 1. The number of halogens is 2. The third-order valence-corrected chi connectivity index (χ3v) is 5.74. The second-order valence-electron chi connectivity index (χ2n) is 7.08. The lowest BCUT2D eigenvalue weighted by Gasteiger charge is -2.26.